The highest BCUT2D eigenvalue weighted by molar-refractivity contribution is 5.90. The number of amides is 2. The Bertz CT molecular complexity index is 935. The number of aryl methyl sites for hydroxylation is 1. The van der Waals surface area contributed by atoms with Crippen LogP contribution in [0.25, 0.3) is 5.57 Å². The highest BCUT2D eigenvalue weighted by Gasteiger charge is 2.23. The number of nitrogens with one attached hydrogen (secondary N) is 2. The first-order valence-electron chi connectivity index (χ1n) is 10.4. The van der Waals surface area contributed by atoms with Crippen LogP contribution in [0.1, 0.15) is 30.9 Å². The van der Waals surface area contributed by atoms with Gasteiger partial charge in [-0.2, -0.15) is 0 Å². The van der Waals surface area contributed by atoms with Crippen molar-refractivity contribution in [2.24, 2.45) is 5.92 Å². The largest absolute Gasteiger partial charge is 0.507 e. The molecule has 1 unspecified atom stereocenters. The van der Waals surface area contributed by atoms with E-state index in [1.165, 1.54) is 0 Å². The number of phenols is 1. The van der Waals surface area contributed by atoms with E-state index in [0.29, 0.717) is 5.92 Å². The molecule has 0 aromatic heterocycles. The lowest BCUT2D eigenvalue weighted by Gasteiger charge is -2.33. The Morgan fingerprint density at radius 3 is 2.73 bits per heavy atom. The van der Waals surface area contributed by atoms with Crippen molar-refractivity contribution in [2.45, 2.75) is 26.7 Å². The highest BCUT2D eigenvalue weighted by Crippen LogP contribution is 2.25. The Kier molecular flexibility index (Phi) is 7.17. The summed E-state index contributed by atoms with van der Waals surface area (Å²) in [6.07, 6.45) is 4.04. The predicted octanol–water partition coefficient (Wildman–Crippen LogP) is 5.15. The van der Waals surface area contributed by atoms with E-state index in [-0.39, 0.29) is 11.8 Å². The van der Waals surface area contributed by atoms with Crippen LogP contribution in [-0.2, 0) is 0 Å². The molecule has 1 saturated heterocycles. The van der Waals surface area contributed by atoms with Gasteiger partial charge in [-0.25, -0.2) is 4.79 Å². The summed E-state index contributed by atoms with van der Waals surface area (Å²) < 4.78 is 0. The summed E-state index contributed by atoms with van der Waals surface area (Å²) in [5.41, 5.74) is 4.41. The van der Waals surface area contributed by atoms with Gasteiger partial charge in [0.05, 0.1) is 0 Å². The third kappa shape index (κ3) is 5.66. The molecular weight excluding hydrogens is 374 g/mol. The Labute approximate surface area is 179 Å². The van der Waals surface area contributed by atoms with E-state index in [1.54, 1.807) is 12.1 Å². The normalized spacial score (nSPS) is 16.8. The summed E-state index contributed by atoms with van der Waals surface area (Å²) >= 11 is 0. The number of para-hydroxylation sites is 2. The topological polar surface area (TPSA) is 64.6 Å². The number of allylic oxidation sites excluding steroid dienone is 3. The third-order valence-corrected chi connectivity index (χ3v) is 5.50. The molecule has 1 atom stereocenters. The van der Waals surface area contributed by atoms with Gasteiger partial charge in [0.2, 0.25) is 0 Å². The van der Waals surface area contributed by atoms with E-state index >= 15 is 0 Å². The van der Waals surface area contributed by atoms with Gasteiger partial charge in [-0.05, 0) is 62.0 Å². The minimum Gasteiger partial charge on any atom is -0.507 e. The summed E-state index contributed by atoms with van der Waals surface area (Å²) in [5.74, 6) is 0.622. The molecule has 30 heavy (non-hydrogen) atoms. The molecule has 1 heterocycles. The number of carbonyl (C=O) groups is 1. The SMILES string of the molecule is C=C(/C=C(\C)NCC1CCCN(C(=O)Nc2ccccc2C)C1)c1ccccc1O. The number of anilines is 1. The zero-order valence-electron chi connectivity index (χ0n) is 17.8. The lowest BCUT2D eigenvalue weighted by Crippen LogP contribution is -2.44. The molecule has 2 amide bonds. The maximum Gasteiger partial charge on any atom is 0.321 e. The Morgan fingerprint density at radius 1 is 1.23 bits per heavy atom. The van der Waals surface area contributed by atoms with E-state index in [0.717, 1.165) is 60.6 Å². The zero-order valence-corrected chi connectivity index (χ0v) is 17.8. The van der Waals surface area contributed by atoms with Crippen molar-refractivity contribution in [2.75, 3.05) is 25.0 Å². The average molecular weight is 406 g/mol. The molecule has 0 saturated carbocycles. The van der Waals surface area contributed by atoms with Crippen LogP contribution in [0.4, 0.5) is 10.5 Å². The first kappa shape index (κ1) is 21.5. The number of carbonyl (C=O) groups excluding carboxylic acids is 1. The molecule has 0 radical (unpaired) electrons. The molecule has 5 nitrogen and oxygen atoms in total. The number of nitrogens with zero attached hydrogens (tertiary/aromatic N) is 1. The van der Waals surface area contributed by atoms with Crippen molar-refractivity contribution in [3.8, 4) is 5.75 Å². The molecule has 1 aliphatic heterocycles. The van der Waals surface area contributed by atoms with Crippen LogP contribution in [0, 0.1) is 12.8 Å². The quantitative estimate of drug-likeness (QED) is 0.582. The van der Waals surface area contributed by atoms with E-state index in [2.05, 4.69) is 17.2 Å². The first-order valence-corrected chi connectivity index (χ1v) is 10.4. The van der Waals surface area contributed by atoms with Crippen molar-refractivity contribution in [3.05, 3.63) is 78.0 Å². The Hall–Kier alpha value is -3.21. The number of aromatic hydroxyl groups is 1. The van der Waals surface area contributed by atoms with E-state index in [9.17, 15) is 9.90 Å². The molecule has 0 bridgehead atoms. The fraction of sp³-hybridized carbons (Fsp3) is 0.320. The van der Waals surface area contributed by atoms with E-state index < -0.39 is 0 Å². The summed E-state index contributed by atoms with van der Waals surface area (Å²) in [7, 11) is 0. The van der Waals surface area contributed by atoms with Crippen molar-refractivity contribution < 1.29 is 9.90 Å². The van der Waals surface area contributed by atoms with Gasteiger partial charge in [-0.3, -0.25) is 0 Å². The zero-order chi connectivity index (χ0) is 21.5. The molecule has 3 rings (SSSR count). The van der Waals surface area contributed by atoms with Gasteiger partial charge in [0.1, 0.15) is 5.75 Å². The molecule has 158 valence electrons. The molecule has 1 aliphatic rings. The van der Waals surface area contributed by atoms with Crippen LogP contribution >= 0.6 is 0 Å². The number of benzene rings is 2. The molecule has 5 heteroatoms. The van der Waals surface area contributed by atoms with Crippen LogP contribution in [0.15, 0.2) is 66.9 Å². The summed E-state index contributed by atoms with van der Waals surface area (Å²) in [6.45, 7) is 10.4. The lowest BCUT2D eigenvalue weighted by atomic mass is 9.98. The number of urea groups is 1. The van der Waals surface area contributed by atoms with Gasteiger partial charge in [-0.15, -0.1) is 0 Å². The number of rotatable bonds is 6. The molecule has 1 fully saturated rings. The van der Waals surface area contributed by atoms with Crippen LogP contribution in [0.5, 0.6) is 5.75 Å². The lowest BCUT2D eigenvalue weighted by molar-refractivity contribution is 0.177. The predicted molar refractivity (Wildman–Crippen MR) is 123 cm³/mol. The van der Waals surface area contributed by atoms with Crippen molar-refractivity contribution in [1.29, 1.82) is 0 Å². The Balaban J connectivity index is 1.52. The second-order valence-corrected chi connectivity index (χ2v) is 7.95. The molecule has 2 aromatic rings. The molecule has 0 aliphatic carbocycles. The number of phenolic OH excluding ortho intramolecular Hbond substituents is 1. The standard InChI is InChI=1S/C25H31N3O2/c1-18-9-4-6-12-23(18)27-25(30)28-14-8-10-21(17-28)16-26-20(3)15-19(2)22-11-5-7-13-24(22)29/h4-7,9,11-13,15,21,26,29H,2,8,10,14,16-17H2,1,3H3,(H,27,30)/b20-15+. The van der Waals surface area contributed by atoms with Gasteiger partial charge in [0.15, 0.2) is 0 Å². The molecule has 3 N–H and O–H groups in total. The highest BCUT2D eigenvalue weighted by atomic mass is 16.3. The van der Waals surface area contributed by atoms with Crippen molar-refractivity contribution >= 4 is 17.3 Å². The smallest absolute Gasteiger partial charge is 0.321 e. The van der Waals surface area contributed by atoms with Gasteiger partial charge in [0, 0.05) is 36.6 Å². The number of piperidine rings is 1. The Morgan fingerprint density at radius 2 is 1.97 bits per heavy atom. The fourth-order valence-corrected chi connectivity index (χ4v) is 3.76. The van der Waals surface area contributed by atoms with Gasteiger partial charge in [-0.1, -0.05) is 43.0 Å². The minimum atomic E-state index is -0.0332. The molecule has 0 spiro atoms. The van der Waals surface area contributed by atoms with E-state index in [4.69, 9.17) is 0 Å². The fourth-order valence-electron chi connectivity index (χ4n) is 3.76. The maximum atomic E-state index is 12.7. The number of hydrogen-bond donors (Lipinski definition) is 3. The second kappa shape index (κ2) is 10.0. The van der Waals surface area contributed by atoms with Gasteiger partial charge in [0.25, 0.3) is 0 Å². The summed E-state index contributed by atoms with van der Waals surface area (Å²) in [6, 6.07) is 15.0. The van der Waals surface area contributed by atoms with Crippen LogP contribution in [0.2, 0.25) is 0 Å². The minimum absolute atomic E-state index is 0.0332. The average Bonchev–Trinajstić information content (AvgIpc) is 2.74. The number of likely N-dealkylation sites (tertiary alicyclic amines) is 1. The van der Waals surface area contributed by atoms with Crippen LogP contribution in [-0.4, -0.2) is 35.7 Å². The van der Waals surface area contributed by atoms with Gasteiger partial charge >= 0.3 is 6.03 Å². The van der Waals surface area contributed by atoms with Crippen molar-refractivity contribution in [3.63, 3.8) is 0 Å². The monoisotopic (exact) mass is 405 g/mol. The number of hydrogen-bond acceptors (Lipinski definition) is 3. The van der Waals surface area contributed by atoms with Gasteiger partial charge < -0.3 is 20.6 Å². The van der Waals surface area contributed by atoms with Crippen LogP contribution < -0.4 is 10.6 Å². The summed E-state index contributed by atoms with van der Waals surface area (Å²) in [5, 5.41) is 16.5. The van der Waals surface area contributed by atoms with E-state index in [1.807, 2.05) is 61.2 Å². The van der Waals surface area contributed by atoms with Crippen LogP contribution in [0.3, 0.4) is 0 Å². The second-order valence-electron chi connectivity index (χ2n) is 7.95. The first-order chi connectivity index (χ1) is 14.4. The summed E-state index contributed by atoms with van der Waals surface area (Å²) in [4.78, 5) is 14.6. The van der Waals surface area contributed by atoms with Crippen molar-refractivity contribution in [1.82, 2.24) is 10.2 Å². The third-order valence-electron chi connectivity index (χ3n) is 5.50. The maximum absolute atomic E-state index is 12.7. The molecular formula is C25H31N3O2. The molecule has 2 aromatic carbocycles.